The number of amides is 2. The number of carbonyl (C=O) groups excluding carboxylic acids is 1. The third kappa shape index (κ3) is 2.27. The standard InChI is InChI=1S/C12H22N2O/c1-10-4-6-13(7-5-10)11(15)14-8-12(2,3)9-14/h10H,4-9H2,1-3H3. The van der Waals surface area contributed by atoms with Crippen LogP contribution in [0.2, 0.25) is 0 Å². The summed E-state index contributed by atoms with van der Waals surface area (Å²) >= 11 is 0. The summed E-state index contributed by atoms with van der Waals surface area (Å²) in [6, 6.07) is 0.265. The molecule has 3 heteroatoms. The van der Waals surface area contributed by atoms with Crippen molar-refractivity contribution in [1.29, 1.82) is 0 Å². The number of hydrogen-bond donors (Lipinski definition) is 0. The first-order valence-electron chi connectivity index (χ1n) is 6.02. The smallest absolute Gasteiger partial charge is 0.320 e. The molecule has 0 spiro atoms. The van der Waals surface area contributed by atoms with Gasteiger partial charge >= 0.3 is 6.03 Å². The van der Waals surface area contributed by atoms with Gasteiger partial charge in [0.2, 0.25) is 0 Å². The second-order valence-electron chi connectivity index (χ2n) is 5.97. The van der Waals surface area contributed by atoms with E-state index in [0.29, 0.717) is 5.41 Å². The Hall–Kier alpha value is -0.730. The van der Waals surface area contributed by atoms with Crippen LogP contribution in [0.15, 0.2) is 0 Å². The number of urea groups is 1. The lowest BCUT2D eigenvalue weighted by molar-refractivity contribution is 0.0374. The minimum atomic E-state index is 0.265. The molecule has 15 heavy (non-hydrogen) atoms. The molecule has 0 aromatic rings. The van der Waals surface area contributed by atoms with Crippen LogP contribution in [0, 0.1) is 11.3 Å². The number of piperidine rings is 1. The molecule has 0 saturated carbocycles. The number of nitrogens with zero attached hydrogens (tertiary/aromatic N) is 2. The molecular weight excluding hydrogens is 188 g/mol. The van der Waals surface area contributed by atoms with Crippen molar-refractivity contribution in [3.63, 3.8) is 0 Å². The van der Waals surface area contributed by atoms with Crippen LogP contribution in [0.1, 0.15) is 33.6 Å². The minimum absolute atomic E-state index is 0.265. The maximum Gasteiger partial charge on any atom is 0.320 e. The van der Waals surface area contributed by atoms with Gasteiger partial charge in [0, 0.05) is 31.6 Å². The third-order valence-electron chi connectivity index (χ3n) is 3.56. The van der Waals surface area contributed by atoms with Crippen LogP contribution in [0.4, 0.5) is 4.79 Å². The number of likely N-dealkylation sites (tertiary alicyclic amines) is 2. The van der Waals surface area contributed by atoms with Crippen LogP contribution < -0.4 is 0 Å². The summed E-state index contributed by atoms with van der Waals surface area (Å²) in [5, 5.41) is 0. The van der Waals surface area contributed by atoms with E-state index in [-0.39, 0.29) is 6.03 Å². The monoisotopic (exact) mass is 210 g/mol. The summed E-state index contributed by atoms with van der Waals surface area (Å²) in [5.74, 6) is 0.793. The topological polar surface area (TPSA) is 23.6 Å². The van der Waals surface area contributed by atoms with E-state index in [1.54, 1.807) is 0 Å². The quantitative estimate of drug-likeness (QED) is 0.601. The van der Waals surface area contributed by atoms with Gasteiger partial charge in [0.15, 0.2) is 0 Å². The summed E-state index contributed by atoms with van der Waals surface area (Å²) in [6.07, 6.45) is 2.34. The van der Waals surface area contributed by atoms with Crippen molar-refractivity contribution < 1.29 is 4.79 Å². The van der Waals surface area contributed by atoms with Crippen LogP contribution in [0.25, 0.3) is 0 Å². The van der Waals surface area contributed by atoms with Gasteiger partial charge < -0.3 is 9.80 Å². The zero-order chi connectivity index (χ0) is 11.1. The van der Waals surface area contributed by atoms with Crippen molar-refractivity contribution in [2.24, 2.45) is 11.3 Å². The molecule has 2 aliphatic rings. The van der Waals surface area contributed by atoms with E-state index in [4.69, 9.17) is 0 Å². The van der Waals surface area contributed by atoms with Gasteiger partial charge in [-0.2, -0.15) is 0 Å². The van der Waals surface area contributed by atoms with Crippen LogP contribution in [-0.4, -0.2) is 42.0 Å². The van der Waals surface area contributed by atoms with Gasteiger partial charge in [0.1, 0.15) is 0 Å². The molecule has 2 heterocycles. The maximum absolute atomic E-state index is 12.0. The first kappa shape index (κ1) is 10.8. The van der Waals surface area contributed by atoms with Crippen molar-refractivity contribution in [2.75, 3.05) is 26.2 Å². The molecule has 0 aliphatic carbocycles. The van der Waals surface area contributed by atoms with E-state index in [0.717, 1.165) is 32.1 Å². The summed E-state index contributed by atoms with van der Waals surface area (Å²) in [5.41, 5.74) is 0.346. The third-order valence-corrected chi connectivity index (χ3v) is 3.56. The van der Waals surface area contributed by atoms with Gasteiger partial charge in [-0.05, 0) is 18.8 Å². The van der Waals surface area contributed by atoms with Gasteiger partial charge in [0.05, 0.1) is 0 Å². The lowest BCUT2D eigenvalue weighted by atomic mass is 9.85. The fraction of sp³-hybridized carbons (Fsp3) is 0.917. The number of carbonyl (C=O) groups is 1. The highest BCUT2D eigenvalue weighted by atomic mass is 16.2. The molecule has 2 rings (SSSR count). The van der Waals surface area contributed by atoms with E-state index in [9.17, 15) is 4.79 Å². The minimum Gasteiger partial charge on any atom is -0.325 e. The van der Waals surface area contributed by atoms with E-state index < -0.39 is 0 Å². The van der Waals surface area contributed by atoms with E-state index >= 15 is 0 Å². The van der Waals surface area contributed by atoms with Crippen molar-refractivity contribution in [2.45, 2.75) is 33.6 Å². The lowest BCUT2D eigenvalue weighted by Gasteiger charge is -2.48. The van der Waals surface area contributed by atoms with Crippen molar-refractivity contribution >= 4 is 6.03 Å². The molecule has 0 aromatic carbocycles. The Labute approximate surface area is 92.4 Å². The van der Waals surface area contributed by atoms with Gasteiger partial charge in [-0.1, -0.05) is 20.8 Å². The zero-order valence-electron chi connectivity index (χ0n) is 10.1. The Morgan fingerprint density at radius 2 is 1.67 bits per heavy atom. The average Bonchev–Trinajstić information content (AvgIpc) is 2.14. The summed E-state index contributed by atoms with van der Waals surface area (Å²) in [4.78, 5) is 16.0. The molecule has 0 radical (unpaired) electrons. The molecule has 0 bridgehead atoms. The first-order valence-corrected chi connectivity index (χ1v) is 6.02. The molecule has 2 amide bonds. The van der Waals surface area contributed by atoms with Crippen molar-refractivity contribution in [3.05, 3.63) is 0 Å². The van der Waals surface area contributed by atoms with Crippen LogP contribution in [0.5, 0.6) is 0 Å². The Kier molecular flexibility index (Phi) is 2.65. The number of rotatable bonds is 0. The molecule has 2 saturated heterocycles. The van der Waals surface area contributed by atoms with Gasteiger partial charge in [-0.3, -0.25) is 0 Å². The Balaban J connectivity index is 1.82. The fourth-order valence-corrected chi connectivity index (χ4v) is 2.52. The summed E-state index contributed by atoms with van der Waals surface area (Å²) in [7, 11) is 0. The molecular formula is C12H22N2O. The first-order chi connectivity index (χ1) is 6.98. The fourth-order valence-electron chi connectivity index (χ4n) is 2.52. The normalized spacial score (nSPS) is 26.3. The summed E-state index contributed by atoms with van der Waals surface area (Å²) in [6.45, 7) is 10.5. The van der Waals surface area contributed by atoms with Crippen molar-refractivity contribution in [1.82, 2.24) is 9.80 Å². The average molecular weight is 210 g/mol. The predicted octanol–water partition coefficient (Wildman–Crippen LogP) is 2.18. The van der Waals surface area contributed by atoms with Gasteiger partial charge in [-0.25, -0.2) is 4.79 Å². The number of hydrogen-bond acceptors (Lipinski definition) is 1. The van der Waals surface area contributed by atoms with E-state index in [1.165, 1.54) is 12.8 Å². The van der Waals surface area contributed by atoms with Gasteiger partial charge in [0.25, 0.3) is 0 Å². The lowest BCUT2D eigenvalue weighted by Crippen LogP contribution is -2.59. The molecule has 0 atom stereocenters. The Morgan fingerprint density at radius 3 is 2.13 bits per heavy atom. The Bertz CT molecular complexity index is 246. The highest BCUT2D eigenvalue weighted by Gasteiger charge is 2.39. The molecule has 2 aliphatic heterocycles. The Morgan fingerprint density at radius 1 is 1.13 bits per heavy atom. The van der Waals surface area contributed by atoms with E-state index in [2.05, 4.69) is 20.8 Å². The second kappa shape index (κ2) is 3.69. The molecule has 0 aromatic heterocycles. The molecule has 0 unspecified atom stereocenters. The van der Waals surface area contributed by atoms with Crippen molar-refractivity contribution in [3.8, 4) is 0 Å². The van der Waals surface area contributed by atoms with Gasteiger partial charge in [-0.15, -0.1) is 0 Å². The highest BCUT2D eigenvalue weighted by Crippen LogP contribution is 2.30. The maximum atomic E-state index is 12.0. The largest absolute Gasteiger partial charge is 0.325 e. The van der Waals surface area contributed by atoms with Crippen LogP contribution >= 0.6 is 0 Å². The van der Waals surface area contributed by atoms with Crippen LogP contribution in [0.3, 0.4) is 0 Å². The molecule has 0 N–H and O–H groups in total. The zero-order valence-corrected chi connectivity index (χ0v) is 10.1. The molecule has 2 fully saturated rings. The van der Waals surface area contributed by atoms with Crippen LogP contribution in [-0.2, 0) is 0 Å². The molecule has 3 nitrogen and oxygen atoms in total. The molecule has 86 valence electrons. The van der Waals surface area contributed by atoms with E-state index in [1.807, 2.05) is 9.80 Å². The summed E-state index contributed by atoms with van der Waals surface area (Å²) < 4.78 is 0. The predicted molar refractivity (Wildman–Crippen MR) is 60.7 cm³/mol. The SMILES string of the molecule is CC1CCN(C(=O)N2CC(C)(C)C2)CC1. The second-order valence-corrected chi connectivity index (χ2v) is 5.97. The highest BCUT2D eigenvalue weighted by molar-refractivity contribution is 5.75.